The number of esters is 1. The number of nitrogens with zero attached hydrogens (tertiary/aromatic N) is 1. The van der Waals surface area contributed by atoms with Crippen LogP contribution >= 0.6 is 34.8 Å². The molecule has 8 heteroatoms. The molecule has 1 heterocycles. The van der Waals surface area contributed by atoms with E-state index in [0.29, 0.717) is 19.6 Å². The van der Waals surface area contributed by atoms with Gasteiger partial charge in [0.2, 0.25) is 3.79 Å². The standard InChI is InChI=1S/C11H16Cl3NO4/c1-2-6-18-9(16)8-4-3-5-15(8)10(17)19-7-11(12,13)14/h8H,2-7H2,1H3. The molecule has 1 atom stereocenters. The van der Waals surface area contributed by atoms with Gasteiger partial charge in [-0.3, -0.25) is 4.90 Å². The fourth-order valence-corrected chi connectivity index (χ4v) is 1.92. The summed E-state index contributed by atoms with van der Waals surface area (Å²) in [6.45, 7) is 2.32. The number of amides is 1. The maximum Gasteiger partial charge on any atom is 0.410 e. The first-order chi connectivity index (χ1) is 8.85. The van der Waals surface area contributed by atoms with Gasteiger partial charge < -0.3 is 9.47 Å². The average molecular weight is 333 g/mol. The predicted molar refractivity (Wildman–Crippen MR) is 72.6 cm³/mol. The van der Waals surface area contributed by atoms with Gasteiger partial charge >= 0.3 is 12.1 Å². The van der Waals surface area contributed by atoms with Crippen LogP contribution in [0.25, 0.3) is 0 Å². The summed E-state index contributed by atoms with van der Waals surface area (Å²) in [7, 11) is 0. The third-order valence-electron chi connectivity index (χ3n) is 2.57. The molecule has 0 aliphatic carbocycles. The number of hydrogen-bond acceptors (Lipinski definition) is 4. The summed E-state index contributed by atoms with van der Waals surface area (Å²) in [5.41, 5.74) is 0. The third-order valence-corrected chi connectivity index (χ3v) is 2.89. The van der Waals surface area contributed by atoms with Crippen LogP contribution in [-0.4, -0.2) is 46.6 Å². The number of likely N-dealkylation sites (tertiary alicyclic amines) is 1. The van der Waals surface area contributed by atoms with Crippen molar-refractivity contribution in [3.05, 3.63) is 0 Å². The number of carbonyl (C=O) groups is 2. The lowest BCUT2D eigenvalue weighted by Crippen LogP contribution is -2.42. The molecule has 1 rings (SSSR count). The van der Waals surface area contributed by atoms with E-state index in [-0.39, 0.29) is 6.61 Å². The van der Waals surface area contributed by atoms with Gasteiger partial charge in [-0.15, -0.1) is 0 Å². The first-order valence-corrected chi connectivity index (χ1v) is 7.15. The highest BCUT2D eigenvalue weighted by molar-refractivity contribution is 6.67. The second-order valence-electron chi connectivity index (χ2n) is 4.19. The van der Waals surface area contributed by atoms with Crippen LogP contribution in [0.3, 0.4) is 0 Å². The molecule has 1 unspecified atom stereocenters. The molecule has 0 aromatic heterocycles. The molecule has 0 N–H and O–H groups in total. The van der Waals surface area contributed by atoms with E-state index in [0.717, 1.165) is 12.8 Å². The van der Waals surface area contributed by atoms with Crippen molar-refractivity contribution in [3.63, 3.8) is 0 Å². The summed E-state index contributed by atoms with van der Waals surface area (Å²) in [6.07, 6.45) is 1.35. The second kappa shape index (κ2) is 7.41. The van der Waals surface area contributed by atoms with Gasteiger partial charge in [-0.25, -0.2) is 9.59 Å². The van der Waals surface area contributed by atoms with E-state index in [1.807, 2.05) is 6.92 Å². The molecule has 110 valence electrons. The highest BCUT2D eigenvalue weighted by Crippen LogP contribution is 2.27. The first-order valence-electron chi connectivity index (χ1n) is 6.02. The molecular formula is C11H16Cl3NO4. The Hall–Kier alpha value is -0.390. The van der Waals surface area contributed by atoms with Crippen molar-refractivity contribution in [3.8, 4) is 0 Å². The van der Waals surface area contributed by atoms with E-state index >= 15 is 0 Å². The Kier molecular flexibility index (Phi) is 6.50. The van der Waals surface area contributed by atoms with Crippen LogP contribution in [0, 0.1) is 0 Å². The highest BCUT2D eigenvalue weighted by atomic mass is 35.6. The van der Waals surface area contributed by atoms with Crippen LogP contribution in [0.15, 0.2) is 0 Å². The molecule has 0 bridgehead atoms. The third kappa shape index (κ3) is 5.63. The van der Waals surface area contributed by atoms with Crippen molar-refractivity contribution < 1.29 is 19.1 Å². The van der Waals surface area contributed by atoms with E-state index in [4.69, 9.17) is 44.3 Å². The monoisotopic (exact) mass is 331 g/mol. The van der Waals surface area contributed by atoms with Gasteiger partial charge in [0, 0.05) is 6.54 Å². The molecule has 5 nitrogen and oxygen atoms in total. The summed E-state index contributed by atoms with van der Waals surface area (Å²) in [5, 5.41) is 0. The predicted octanol–water partition coefficient (Wildman–Crippen LogP) is 2.91. The lowest BCUT2D eigenvalue weighted by Gasteiger charge is -2.23. The first kappa shape index (κ1) is 16.7. The molecular weight excluding hydrogens is 316 g/mol. The van der Waals surface area contributed by atoms with E-state index in [2.05, 4.69) is 0 Å². The number of hydrogen-bond donors (Lipinski definition) is 0. The van der Waals surface area contributed by atoms with E-state index in [9.17, 15) is 9.59 Å². The Balaban J connectivity index is 2.51. The van der Waals surface area contributed by atoms with Crippen molar-refractivity contribution in [1.29, 1.82) is 0 Å². The van der Waals surface area contributed by atoms with Crippen LogP contribution in [0.1, 0.15) is 26.2 Å². The summed E-state index contributed by atoms with van der Waals surface area (Å²) < 4.78 is 8.23. The van der Waals surface area contributed by atoms with Gasteiger partial charge in [0.05, 0.1) is 6.61 Å². The highest BCUT2D eigenvalue weighted by Gasteiger charge is 2.37. The molecule has 1 amide bonds. The Labute approximate surface area is 127 Å². The SMILES string of the molecule is CCCOC(=O)C1CCCN1C(=O)OCC(Cl)(Cl)Cl. The van der Waals surface area contributed by atoms with Gasteiger partial charge in [0.25, 0.3) is 0 Å². The zero-order chi connectivity index (χ0) is 14.5. The number of alkyl halides is 3. The maximum absolute atomic E-state index is 11.8. The largest absolute Gasteiger partial charge is 0.464 e. The van der Waals surface area contributed by atoms with E-state index in [1.54, 1.807) is 0 Å². The Morgan fingerprint density at radius 1 is 1.32 bits per heavy atom. The lowest BCUT2D eigenvalue weighted by atomic mass is 10.2. The smallest absolute Gasteiger partial charge is 0.410 e. The van der Waals surface area contributed by atoms with E-state index in [1.165, 1.54) is 4.90 Å². The van der Waals surface area contributed by atoms with Crippen molar-refractivity contribution in [2.24, 2.45) is 0 Å². The van der Waals surface area contributed by atoms with Crippen LogP contribution in [-0.2, 0) is 14.3 Å². The maximum atomic E-state index is 11.8. The summed E-state index contributed by atoms with van der Waals surface area (Å²) in [6, 6.07) is -0.602. The molecule has 0 spiro atoms. The number of rotatable bonds is 4. The number of ether oxygens (including phenoxy) is 2. The molecule has 19 heavy (non-hydrogen) atoms. The molecule has 1 saturated heterocycles. The molecule has 0 saturated carbocycles. The van der Waals surface area contributed by atoms with Gasteiger partial charge in [-0.2, -0.15) is 0 Å². The molecule has 1 aliphatic rings. The lowest BCUT2D eigenvalue weighted by molar-refractivity contribution is -0.148. The minimum absolute atomic E-state index is 0.340. The van der Waals surface area contributed by atoms with Crippen molar-refractivity contribution in [2.75, 3.05) is 19.8 Å². The topological polar surface area (TPSA) is 55.8 Å². The summed E-state index contributed by atoms with van der Waals surface area (Å²) in [4.78, 5) is 24.9. The van der Waals surface area contributed by atoms with Crippen molar-refractivity contribution in [2.45, 2.75) is 36.0 Å². The summed E-state index contributed by atoms with van der Waals surface area (Å²) in [5.74, 6) is -0.412. The number of halogens is 3. The van der Waals surface area contributed by atoms with Crippen LogP contribution in [0.5, 0.6) is 0 Å². The quantitative estimate of drug-likeness (QED) is 0.587. The van der Waals surface area contributed by atoms with E-state index < -0.39 is 21.9 Å². The molecule has 1 aliphatic heterocycles. The van der Waals surface area contributed by atoms with Gasteiger partial charge in [-0.1, -0.05) is 41.7 Å². The Morgan fingerprint density at radius 2 is 2.00 bits per heavy atom. The zero-order valence-corrected chi connectivity index (χ0v) is 12.8. The molecule has 1 fully saturated rings. The Morgan fingerprint density at radius 3 is 2.58 bits per heavy atom. The zero-order valence-electron chi connectivity index (χ0n) is 10.5. The van der Waals surface area contributed by atoms with Crippen LogP contribution in [0.2, 0.25) is 0 Å². The molecule has 0 radical (unpaired) electrons. The van der Waals surface area contributed by atoms with Crippen molar-refractivity contribution >= 4 is 46.9 Å². The van der Waals surface area contributed by atoms with Gasteiger partial charge in [-0.05, 0) is 19.3 Å². The minimum atomic E-state index is -1.66. The Bertz CT molecular complexity index is 332. The number of carbonyl (C=O) groups excluding carboxylic acids is 2. The summed E-state index contributed by atoms with van der Waals surface area (Å²) >= 11 is 16.5. The van der Waals surface area contributed by atoms with Gasteiger partial charge in [0.1, 0.15) is 12.6 Å². The van der Waals surface area contributed by atoms with Crippen molar-refractivity contribution in [1.82, 2.24) is 4.90 Å². The normalized spacial score (nSPS) is 19.4. The van der Waals surface area contributed by atoms with Crippen LogP contribution < -0.4 is 0 Å². The van der Waals surface area contributed by atoms with Crippen LogP contribution in [0.4, 0.5) is 4.79 Å². The fourth-order valence-electron chi connectivity index (χ4n) is 1.76. The minimum Gasteiger partial charge on any atom is -0.464 e. The second-order valence-corrected chi connectivity index (χ2v) is 6.70. The average Bonchev–Trinajstić information content (AvgIpc) is 2.81. The molecule has 0 aromatic rings. The van der Waals surface area contributed by atoms with Gasteiger partial charge in [0.15, 0.2) is 0 Å². The fraction of sp³-hybridized carbons (Fsp3) is 0.818. The molecule has 0 aromatic carbocycles.